The van der Waals surface area contributed by atoms with E-state index in [0.29, 0.717) is 48.5 Å². The number of rotatable bonds is 4. The fourth-order valence-electron chi connectivity index (χ4n) is 2.96. The van der Waals surface area contributed by atoms with Crippen LogP contribution >= 0.6 is 47.0 Å². The normalized spacial score (nSPS) is 16.3. The lowest BCUT2D eigenvalue weighted by Crippen LogP contribution is -2.46. The van der Waals surface area contributed by atoms with E-state index in [9.17, 15) is 4.79 Å². The van der Waals surface area contributed by atoms with Crippen molar-refractivity contribution < 1.29 is 9.53 Å². The monoisotopic (exact) mass is 455 g/mol. The van der Waals surface area contributed by atoms with E-state index in [1.807, 2.05) is 0 Å². The van der Waals surface area contributed by atoms with Gasteiger partial charge in [-0.2, -0.15) is 0 Å². The predicted molar refractivity (Wildman–Crippen MR) is 117 cm³/mol. The van der Waals surface area contributed by atoms with Gasteiger partial charge in [0.1, 0.15) is 5.75 Å². The van der Waals surface area contributed by atoms with Crippen LogP contribution in [0.4, 0.5) is 5.69 Å². The number of methoxy groups -OCH3 is 1. The van der Waals surface area contributed by atoms with Gasteiger partial charge in [0.2, 0.25) is 0 Å². The first kappa shape index (κ1) is 20.7. The second-order valence-electron chi connectivity index (χ2n) is 6.00. The van der Waals surface area contributed by atoms with Crippen LogP contribution in [0.3, 0.4) is 0 Å². The maximum atomic E-state index is 13.2. The van der Waals surface area contributed by atoms with Crippen molar-refractivity contribution >= 4 is 63.7 Å². The van der Waals surface area contributed by atoms with Crippen molar-refractivity contribution in [3.05, 3.63) is 68.3 Å². The van der Waals surface area contributed by atoms with Gasteiger partial charge in [0.05, 0.1) is 24.4 Å². The maximum Gasteiger partial charge on any atom is 0.255 e. The summed E-state index contributed by atoms with van der Waals surface area (Å²) in [5.41, 5.74) is 2.05. The van der Waals surface area contributed by atoms with Crippen molar-refractivity contribution in [3.63, 3.8) is 0 Å². The van der Waals surface area contributed by atoms with Crippen LogP contribution in [0.2, 0.25) is 15.1 Å². The van der Waals surface area contributed by atoms with E-state index in [0.717, 1.165) is 0 Å². The fraction of sp³-hybridized carbons (Fsp3) is 0.158. The van der Waals surface area contributed by atoms with Gasteiger partial charge in [0, 0.05) is 32.4 Å². The number of anilines is 1. The van der Waals surface area contributed by atoms with Gasteiger partial charge >= 0.3 is 0 Å². The molecular formula is C19H16Cl3N3O2S. The number of allylic oxidation sites excluding steroid dienone is 1. The van der Waals surface area contributed by atoms with Gasteiger partial charge in [-0.1, -0.05) is 40.9 Å². The quantitative estimate of drug-likeness (QED) is 0.560. The zero-order valence-electron chi connectivity index (χ0n) is 14.9. The molecule has 1 amide bonds. The largest absolute Gasteiger partial charge is 0.495 e. The molecule has 0 fully saturated rings. The minimum Gasteiger partial charge on any atom is -0.495 e. The lowest BCUT2D eigenvalue weighted by atomic mass is 9.94. The third kappa shape index (κ3) is 4.20. The summed E-state index contributed by atoms with van der Waals surface area (Å²) in [5, 5.41) is 10.6. The summed E-state index contributed by atoms with van der Waals surface area (Å²) in [5.74, 6) is 0.0836. The molecule has 28 heavy (non-hydrogen) atoms. The first-order valence-corrected chi connectivity index (χ1v) is 9.73. The first-order valence-electron chi connectivity index (χ1n) is 8.19. The zero-order valence-corrected chi connectivity index (χ0v) is 18.0. The molecule has 146 valence electrons. The standard InChI is InChI=1S/C19H16Cl3N3O2S/c1-9-15(18(26)24-13-7-6-10(20)8-14(13)27-2)17(25-19(28)23-9)16-11(21)4-3-5-12(16)22/h3-8,17H,1-2H3,(H,24,26)(H2,23,25,28). The lowest BCUT2D eigenvalue weighted by molar-refractivity contribution is -0.113. The summed E-state index contributed by atoms with van der Waals surface area (Å²) >= 11 is 24.0. The third-order valence-electron chi connectivity index (χ3n) is 4.21. The second kappa shape index (κ2) is 8.57. The smallest absolute Gasteiger partial charge is 0.255 e. The molecule has 3 rings (SSSR count). The number of thiocarbonyl (C=S) groups is 1. The highest BCUT2D eigenvalue weighted by Crippen LogP contribution is 2.37. The Morgan fingerprint density at radius 3 is 2.50 bits per heavy atom. The highest BCUT2D eigenvalue weighted by Gasteiger charge is 2.32. The van der Waals surface area contributed by atoms with E-state index >= 15 is 0 Å². The molecule has 0 bridgehead atoms. The molecule has 0 aliphatic carbocycles. The molecular weight excluding hydrogens is 441 g/mol. The Kier molecular flexibility index (Phi) is 6.35. The van der Waals surface area contributed by atoms with Crippen LogP contribution in [-0.4, -0.2) is 18.1 Å². The van der Waals surface area contributed by atoms with E-state index in [-0.39, 0.29) is 5.91 Å². The minimum absolute atomic E-state index is 0.360. The number of hydrogen-bond donors (Lipinski definition) is 3. The summed E-state index contributed by atoms with van der Waals surface area (Å²) < 4.78 is 5.30. The van der Waals surface area contributed by atoms with E-state index < -0.39 is 6.04 Å². The predicted octanol–water partition coefficient (Wildman–Crippen LogP) is 5.09. The van der Waals surface area contributed by atoms with Crippen molar-refractivity contribution in [3.8, 4) is 5.75 Å². The van der Waals surface area contributed by atoms with Crippen molar-refractivity contribution in [1.29, 1.82) is 0 Å². The van der Waals surface area contributed by atoms with E-state index in [1.165, 1.54) is 7.11 Å². The molecule has 1 heterocycles. The molecule has 5 nitrogen and oxygen atoms in total. The highest BCUT2D eigenvalue weighted by atomic mass is 35.5. The van der Waals surface area contributed by atoms with Crippen LogP contribution in [0, 0.1) is 0 Å². The number of carbonyl (C=O) groups excluding carboxylic acids is 1. The van der Waals surface area contributed by atoms with Crippen molar-refractivity contribution in [2.45, 2.75) is 13.0 Å². The van der Waals surface area contributed by atoms with Crippen molar-refractivity contribution in [1.82, 2.24) is 10.6 Å². The van der Waals surface area contributed by atoms with Gasteiger partial charge in [0.25, 0.3) is 5.91 Å². The van der Waals surface area contributed by atoms with E-state index in [4.69, 9.17) is 51.8 Å². The van der Waals surface area contributed by atoms with E-state index in [2.05, 4.69) is 16.0 Å². The number of nitrogens with one attached hydrogen (secondary N) is 3. The number of halogens is 3. The van der Waals surface area contributed by atoms with Gasteiger partial charge in [-0.05, 0) is 43.4 Å². The van der Waals surface area contributed by atoms with Gasteiger partial charge in [0.15, 0.2) is 5.11 Å². The SMILES string of the molecule is COc1cc(Cl)ccc1NC(=O)C1=C(C)NC(=S)NC1c1c(Cl)cccc1Cl. The van der Waals surface area contributed by atoms with Crippen LogP contribution in [0.5, 0.6) is 5.75 Å². The Bertz CT molecular complexity index is 974. The Hall–Kier alpha value is -1.99. The van der Waals surface area contributed by atoms with Crippen LogP contribution in [0.25, 0.3) is 0 Å². The molecule has 9 heteroatoms. The third-order valence-corrected chi connectivity index (χ3v) is 5.33. The number of ether oxygens (including phenoxy) is 1. The summed E-state index contributed by atoms with van der Waals surface area (Å²) in [6.45, 7) is 1.76. The molecule has 0 saturated carbocycles. The van der Waals surface area contributed by atoms with Gasteiger partial charge in [-0.25, -0.2) is 0 Å². The second-order valence-corrected chi connectivity index (χ2v) is 7.66. The molecule has 1 aliphatic rings. The molecule has 2 aromatic rings. The molecule has 1 atom stereocenters. The lowest BCUT2D eigenvalue weighted by Gasteiger charge is -2.31. The van der Waals surface area contributed by atoms with Crippen LogP contribution in [0.1, 0.15) is 18.5 Å². The summed E-state index contributed by atoms with van der Waals surface area (Å²) in [7, 11) is 1.50. The van der Waals surface area contributed by atoms with Crippen LogP contribution in [0.15, 0.2) is 47.7 Å². The number of amides is 1. The molecule has 1 aliphatic heterocycles. The van der Waals surface area contributed by atoms with Crippen molar-refractivity contribution in [2.24, 2.45) is 0 Å². The Labute approximate surface area is 183 Å². The fourth-order valence-corrected chi connectivity index (χ4v) is 4.00. The van der Waals surface area contributed by atoms with Crippen LogP contribution in [-0.2, 0) is 4.79 Å². The van der Waals surface area contributed by atoms with E-state index in [1.54, 1.807) is 43.3 Å². The topological polar surface area (TPSA) is 62.4 Å². The average molecular weight is 457 g/mol. The minimum atomic E-state index is -0.617. The zero-order chi connectivity index (χ0) is 20.4. The molecule has 1 unspecified atom stereocenters. The van der Waals surface area contributed by atoms with Gasteiger partial charge < -0.3 is 20.7 Å². The molecule has 0 radical (unpaired) electrons. The van der Waals surface area contributed by atoms with Crippen molar-refractivity contribution in [2.75, 3.05) is 12.4 Å². The Balaban J connectivity index is 2.03. The molecule has 3 N–H and O–H groups in total. The Morgan fingerprint density at radius 1 is 1.18 bits per heavy atom. The van der Waals surface area contributed by atoms with Gasteiger partial charge in [-0.3, -0.25) is 4.79 Å². The molecule has 0 aromatic heterocycles. The molecule has 0 saturated heterocycles. The Morgan fingerprint density at radius 2 is 1.86 bits per heavy atom. The number of carbonyl (C=O) groups is 1. The number of hydrogen-bond acceptors (Lipinski definition) is 3. The summed E-state index contributed by atoms with van der Waals surface area (Å²) in [6, 6.07) is 9.49. The maximum absolute atomic E-state index is 13.2. The molecule has 0 spiro atoms. The van der Waals surface area contributed by atoms with Crippen LogP contribution < -0.4 is 20.7 Å². The highest BCUT2D eigenvalue weighted by molar-refractivity contribution is 7.80. The first-order chi connectivity index (χ1) is 13.3. The van der Waals surface area contributed by atoms with Gasteiger partial charge in [-0.15, -0.1) is 0 Å². The summed E-state index contributed by atoms with van der Waals surface area (Å²) in [6.07, 6.45) is 0. The number of benzene rings is 2. The summed E-state index contributed by atoms with van der Waals surface area (Å²) in [4.78, 5) is 13.2. The average Bonchev–Trinajstić information content (AvgIpc) is 2.62. The molecule has 2 aromatic carbocycles.